The largest absolute Gasteiger partial charge is 0.497 e. The Kier molecular flexibility index (Phi) is 6.41. The number of anilines is 3. The monoisotopic (exact) mass is 374 g/mol. The first-order valence-electron chi connectivity index (χ1n) is 9.04. The Hall–Kier alpha value is -3.60. The first-order valence-corrected chi connectivity index (χ1v) is 9.04. The van der Waals surface area contributed by atoms with Gasteiger partial charge in [0.05, 0.1) is 7.11 Å². The van der Waals surface area contributed by atoms with Crippen LogP contribution in [0.3, 0.4) is 0 Å². The molecule has 0 bridgehead atoms. The molecular formula is C23H22N2O3. The predicted molar refractivity (Wildman–Crippen MR) is 111 cm³/mol. The lowest BCUT2D eigenvalue weighted by Crippen LogP contribution is -2.27. The van der Waals surface area contributed by atoms with Gasteiger partial charge in [0.1, 0.15) is 5.75 Å². The van der Waals surface area contributed by atoms with Crippen LogP contribution in [-0.2, 0) is 9.59 Å². The summed E-state index contributed by atoms with van der Waals surface area (Å²) in [6.07, 6.45) is 0.201. The SMILES string of the molecule is COc1ccc(NC(=O)CCC(=O)N(c2ccccc2)c2ccccc2)cc1. The van der Waals surface area contributed by atoms with Crippen LogP contribution in [0.5, 0.6) is 5.75 Å². The van der Waals surface area contributed by atoms with E-state index in [4.69, 9.17) is 4.74 Å². The van der Waals surface area contributed by atoms with Crippen molar-refractivity contribution in [2.24, 2.45) is 0 Å². The Labute approximate surface area is 164 Å². The normalized spacial score (nSPS) is 10.2. The Morgan fingerprint density at radius 3 is 1.82 bits per heavy atom. The first kappa shape index (κ1) is 19.2. The minimum atomic E-state index is -0.209. The molecule has 3 aromatic carbocycles. The van der Waals surface area contributed by atoms with E-state index in [0.29, 0.717) is 5.69 Å². The van der Waals surface area contributed by atoms with Gasteiger partial charge in [-0.25, -0.2) is 0 Å². The van der Waals surface area contributed by atoms with E-state index in [0.717, 1.165) is 17.1 Å². The standard InChI is InChI=1S/C23H22N2O3/c1-28-21-14-12-18(13-15-21)24-22(26)16-17-23(27)25(19-8-4-2-5-9-19)20-10-6-3-7-11-20/h2-15H,16-17H2,1H3,(H,24,26). The van der Waals surface area contributed by atoms with E-state index >= 15 is 0 Å². The van der Waals surface area contributed by atoms with E-state index in [9.17, 15) is 9.59 Å². The van der Waals surface area contributed by atoms with E-state index in [2.05, 4.69) is 5.32 Å². The molecule has 3 rings (SSSR count). The zero-order valence-corrected chi connectivity index (χ0v) is 15.7. The van der Waals surface area contributed by atoms with Crippen molar-refractivity contribution in [3.05, 3.63) is 84.9 Å². The fraction of sp³-hybridized carbons (Fsp3) is 0.130. The Balaban J connectivity index is 1.65. The molecule has 0 saturated heterocycles. The highest BCUT2D eigenvalue weighted by Crippen LogP contribution is 2.26. The zero-order chi connectivity index (χ0) is 19.8. The van der Waals surface area contributed by atoms with Gasteiger partial charge in [0.2, 0.25) is 11.8 Å². The number of benzene rings is 3. The third-order valence-electron chi connectivity index (χ3n) is 4.22. The predicted octanol–water partition coefficient (Wildman–Crippen LogP) is 4.78. The molecule has 0 fully saturated rings. The lowest BCUT2D eigenvalue weighted by molar-refractivity contribution is -0.122. The maximum Gasteiger partial charge on any atom is 0.232 e. The van der Waals surface area contributed by atoms with Crippen LogP contribution in [0.1, 0.15) is 12.8 Å². The smallest absolute Gasteiger partial charge is 0.232 e. The third-order valence-corrected chi connectivity index (χ3v) is 4.22. The number of methoxy groups -OCH3 is 1. The molecule has 0 heterocycles. The minimum Gasteiger partial charge on any atom is -0.497 e. The number of nitrogens with zero attached hydrogens (tertiary/aromatic N) is 1. The van der Waals surface area contributed by atoms with Crippen molar-refractivity contribution in [1.82, 2.24) is 0 Å². The van der Waals surface area contributed by atoms with E-state index < -0.39 is 0 Å². The molecule has 3 aromatic rings. The van der Waals surface area contributed by atoms with Crippen LogP contribution in [0.25, 0.3) is 0 Å². The van der Waals surface area contributed by atoms with E-state index in [1.807, 2.05) is 60.7 Å². The minimum absolute atomic E-state index is 0.0982. The molecule has 0 aliphatic carbocycles. The molecule has 0 spiro atoms. The Morgan fingerprint density at radius 1 is 0.786 bits per heavy atom. The zero-order valence-electron chi connectivity index (χ0n) is 15.7. The topological polar surface area (TPSA) is 58.6 Å². The van der Waals surface area contributed by atoms with Crippen molar-refractivity contribution in [3.8, 4) is 5.75 Å². The van der Waals surface area contributed by atoms with Gasteiger partial charge in [-0.3, -0.25) is 14.5 Å². The van der Waals surface area contributed by atoms with Crippen molar-refractivity contribution < 1.29 is 14.3 Å². The van der Waals surface area contributed by atoms with Crippen LogP contribution < -0.4 is 15.0 Å². The maximum atomic E-state index is 12.9. The molecule has 5 heteroatoms. The number of para-hydroxylation sites is 2. The van der Waals surface area contributed by atoms with Gasteiger partial charge < -0.3 is 10.1 Å². The van der Waals surface area contributed by atoms with Gasteiger partial charge in [-0.2, -0.15) is 0 Å². The molecule has 0 aliphatic rings. The summed E-state index contributed by atoms with van der Waals surface area (Å²) in [4.78, 5) is 26.8. The van der Waals surface area contributed by atoms with Crippen molar-refractivity contribution in [3.63, 3.8) is 0 Å². The van der Waals surface area contributed by atoms with E-state index in [-0.39, 0.29) is 24.7 Å². The second kappa shape index (κ2) is 9.37. The van der Waals surface area contributed by atoms with Gasteiger partial charge in [0.25, 0.3) is 0 Å². The van der Waals surface area contributed by atoms with Crippen LogP contribution >= 0.6 is 0 Å². The number of carbonyl (C=O) groups excluding carboxylic acids is 2. The van der Waals surface area contributed by atoms with Gasteiger partial charge >= 0.3 is 0 Å². The first-order chi connectivity index (χ1) is 13.7. The van der Waals surface area contributed by atoms with Crippen molar-refractivity contribution in [2.45, 2.75) is 12.8 Å². The lowest BCUT2D eigenvalue weighted by Gasteiger charge is -2.23. The van der Waals surface area contributed by atoms with Gasteiger partial charge in [-0.15, -0.1) is 0 Å². The summed E-state index contributed by atoms with van der Waals surface area (Å²) in [7, 11) is 1.59. The Bertz CT molecular complexity index is 870. The quantitative estimate of drug-likeness (QED) is 0.647. The van der Waals surface area contributed by atoms with Gasteiger partial charge in [-0.05, 0) is 48.5 Å². The molecule has 28 heavy (non-hydrogen) atoms. The molecule has 0 unspecified atom stereocenters. The van der Waals surface area contributed by atoms with Crippen LogP contribution in [0.15, 0.2) is 84.9 Å². The maximum absolute atomic E-state index is 12.9. The number of amides is 2. The number of hydrogen-bond donors (Lipinski definition) is 1. The fourth-order valence-electron chi connectivity index (χ4n) is 2.82. The number of hydrogen-bond acceptors (Lipinski definition) is 3. The van der Waals surface area contributed by atoms with E-state index in [1.54, 1.807) is 36.3 Å². The Morgan fingerprint density at radius 2 is 1.32 bits per heavy atom. The second-order valence-electron chi connectivity index (χ2n) is 6.18. The molecule has 5 nitrogen and oxygen atoms in total. The van der Waals surface area contributed by atoms with Crippen LogP contribution in [0.4, 0.5) is 17.1 Å². The molecule has 142 valence electrons. The molecule has 0 radical (unpaired) electrons. The third kappa shape index (κ3) is 4.98. The fourth-order valence-corrected chi connectivity index (χ4v) is 2.82. The van der Waals surface area contributed by atoms with Crippen molar-refractivity contribution in [1.29, 1.82) is 0 Å². The second-order valence-corrected chi connectivity index (χ2v) is 6.18. The molecule has 2 amide bonds. The summed E-state index contributed by atoms with van der Waals surface area (Å²) >= 11 is 0. The van der Waals surface area contributed by atoms with Crippen LogP contribution in [0, 0.1) is 0 Å². The molecule has 0 saturated carbocycles. The van der Waals surface area contributed by atoms with Crippen LogP contribution in [0.2, 0.25) is 0 Å². The van der Waals surface area contributed by atoms with Gasteiger partial charge in [-0.1, -0.05) is 36.4 Å². The van der Waals surface area contributed by atoms with Gasteiger partial charge in [0.15, 0.2) is 0 Å². The van der Waals surface area contributed by atoms with Crippen molar-refractivity contribution in [2.75, 3.05) is 17.3 Å². The summed E-state index contributed by atoms with van der Waals surface area (Å²) in [5.41, 5.74) is 2.21. The van der Waals surface area contributed by atoms with Crippen LogP contribution in [-0.4, -0.2) is 18.9 Å². The highest BCUT2D eigenvalue weighted by atomic mass is 16.5. The lowest BCUT2D eigenvalue weighted by atomic mass is 10.2. The number of rotatable bonds is 7. The summed E-state index contributed by atoms with van der Waals surface area (Å²) in [6, 6.07) is 25.9. The highest BCUT2D eigenvalue weighted by Gasteiger charge is 2.18. The van der Waals surface area contributed by atoms with Crippen molar-refractivity contribution >= 4 is 28.9 Å². The highest BCUT2D eigenvalue weighted by molar-refractivity contribution is 6.02. The number of carbonyl (C=O) groups is 2. The molecule has 0 aromatic heterocycles. The summed E-state index contributed by atoms with van der Waals surface area (Å²) in [5, 5.41) is 2.80. The molecule has 1 N–H and O–H groups in total. The summed E-state index contributed by atoms with van der Waals surface area (Å²) in [5.74, 6) is 0.372. The van der Waals surface area contributed by atoms with E-state index in [1.165, 1.54) is 0 Å². The van der Waals surface area contributed by atoms with Gasteiger partial charge in [0, 0.05) is 29.9 Å². The number of ether oxygens (including phenoxy) is 1. The average Bonchev–Trinajstić information content (AvgIpc) is 2.74. The molecule has 0 aliphatic heterocycles. The summed E-state index contributed by atoms with van der Waals surface area (Å²) in [6.45, 7) is 0. The average molecular weight is 374 g/mol. The molecular weight excluding hydrogens is 352 g/mol. The number of nitrogens with one attached hydrogen (secondary N) is 1. The summed E-state index contributed by atoms with van der Waals surface area (Å²) < 4.78 is 5.10. The molecule has 0 atom stereocenters.